The molecule has 138 valence electrons. The summed E-state index contributed by atoms with van der Waals surface area (Å²) >= 11 is 0. The highest BCUT2D eigenvalue weighted by molar-refractivity contribution is 6.06. The number of benzene rings is 2. The van der Waals surface area contributed by atoms with Gasteiger partial charge < -0.3 is 18.3 Å². The molecule has 5 nitrogen and oxygen atoms in total. The van der Waals surface area contributed by atoms with Crippen molar-refractivity contribution in [3.63, 3.8) is 0 Å². The summed E-state index contributed by atoms with van der Waals surface area (Å²) in [7, 11) is 1.53. The molecule has 0 fully saturated rings. The zero-order valence-corrected chi connectivity index (χ0v) is 15.3. The fraction of sp³-hybridized carbons (Fsp3) is 0.227. The average Bonchev–Trinajstić information content (AvgIpc) is 3.15. The highest BCUT2D eigenvalue weighted by Gasteiger charge is 2.22. The molecule has 0 radical (unpaired) electrons. The van der Waals surface area contributed by atoms with Crippen LogP contribution in [0.1, 0.15) is 17.7 Å². The SMILES string of the molecule is COc1c2ccoc2c(OCCCc2ccccc2)c2oc(C)cc(=O)c12. The second-order valence-electron chi connectivity index (χ2n) is 6.39. The predicted octanol–water partition coefficient (Wildman–Crippen LogP) is 4.87. The highest BCUT2D eigenvalue weighted by atomic mass is 16.5. The third-order valence-corrected chi connectivity index (χ3v) is 4.52. The van der Waals surface area contributed by atoms with Gasteiger partial charge in [-0.3, -0.25) is 4.79 Å². The molecule has 0 N–H and O–H groups in total. The van der Waals surface area contributed by atoms with Crippen molar-refractivity contribution in [1.29, 1.82) is 0 Å². The topological polar surface area (TPSA) is 61.8 Å². The van der Waals surface area contributed by atoms with E-state index in [1.165, 1.54) is 18.7 Å². The van der Waals surface area contributed by atoms with E-state index >= 15 is 0 Å². The van der Waals surface area contributed by atoms with Gasteiger partial charge in [0.05, 0.1) is 25.4 Å². The molecule has 0 saturated carbocycles. The average molecular weight is 364 g/mol. The Balaban J connectivity index is 1.72. The van der Waals surface area contributed by atoms with Gasteiger partial charge in [0.25, 0.3) is 0 Å². The molecular formula is C22H20O5. The fourth-order valence-corrected chi connectivity index (χ4v) is 3.33. The monoisotopic (exact) mass is 364 g/mol. The summed E-state index contributed by atoms with van der Waals surface area (Å²) in [6.45, 7) is 2.21. The molecule has 0 bridgehead atoms. The molecule has 2 aromatic heterocycles. The Morgan fingerprint density at radius 2 is 1.85 bits per heavy atom. The lowest BCUT2D eigenvalue weighted by atomic mass is 10.1. The van der Waals surface area contributed by atoms with Crippen LogP contribution in [0.5, 0.6) is 11.5 Å². The first-order valence-electron chi connectivity index (χ1n) is 8.87. The number of fused-ring (bicyclic) bond motifs is 2. The van der Waals surface area contributed by atoms with E-state index in [1.807, 2.05) is 18.2 Å². The lowest BCUT2D eigenvalue weighted by Gasteiger charge is -2.12. The maximum atomic E-state index is 12.6. The molecule has 0 unspecified atom stereocenters. The van der Waals surface area contributed by atoms with Gasteiger partial charge in [0.15, 0.2) is 16.6 Å². The largest absolute Gasteiger partial charge is 0.495 e. The number of hydrogen-bond acceptors (Lipinski definition) is 5. The fourth-order valence-electron chi connectivity index (χ4n) is 3.33. The Hall–Kier alpha value is -3.21. The Morgan fingerprint density at radius 1 is 1.04 bits per heavy atom. The van der Waals surface area contributed by atoms with Crippen LogP contribution in [0, 0.1) is 6.92 Å². The molecule has 0 aliphatic rings. The standard InChI is InChI=1S/C22H20O5/c1-14-13-17(23)18-19(24-2)16-10-12-26-20(16)22(21(18)27-14)25-11-6-9-15-7-4-3-5-8-15/h3-5,7-8,10,12-13H,6,9,11H2,1-2H3. The number of furan rings is 1. The quantitative estimate of drug-likeness (QED) is 0.457. The van der Waals surface area contributed by atoms with Crippen molar-refractivity contribution in [2.45, 2.75) is 19.8 Å². The van der Waals surface area contributed by atoms with Gasteiger partial charge in [-0.2, -0.15) is 0 Å². The van der Waals surface area contributed by atoms with Gasteiger partial charge in [0.2, 0.25) is 5.75 Å². The molecule has 0 spiro atoms. The van der Waals surface area contributed by atoms with E-state index in [1.54, 1.807) is 19.3 Å². The molecule has 2 heterocycles. The lowest BCUT2D eigenvalue weighted by molar-refractivity contribution is 0.307. The number of rotatable bonds is 6. The van der Waals surface area contributed by atoms with Crippen molar-refractivity contribution >= 4 is 21.9 Å². The van der Waals surface area contributed by atoms with Crippen molar-refractivity contribution in [2.75, 3.05) is 13.7 Å². The van der Waals surface area contributed by atoms with Crippen LogP contribution in [0.25, 0.3) is 21.9 Å². The molecule has 27 heavy (non-hydrogen) atoms. The van der Waals surface area contributed by atoms with Crippen LogP contribution < -0.4 is 14.9 Å². The summed E-state index contributed by atoms with van der Waals surface area (Å²) in [6, 6.07) is 13.5. The summed E-state index contributed by atoms with van der Waals surface area (Å²) in [5.74, 6) is 1.40. The van der Waals surface area contributed by atoms with E-state index in [2.05, 4.69) is 12.1 Å². The van der Waals surface area contributed by atoms with Gasteiger partial charge >= 0.3 is 0 Å². The van der Waals surface area contributed by atoms with Crippen LogP contribution in [0.4, 0.5) is 0 Å². The molecular weight excluding hydrogens is 344 g/mol. The third-order valence-electron chi connectivity index (χ3n) is 4.52. The van der Waals surface area contributed by atoms with E-state index in [9.17, 15) is 4.79 Å². The van der Waals surface area contributed by atoms with E-state index in [0.29, 0.717) is 45.8 Å². The van der Waals surface area contributed by atoms with Crippen molar-refractivity contribution in [3.05, 3.63) is 70.3 Å². The van der Waals surface area contributed by atoms with E-state index in [0.717, 1.165) is 12.8 Å². The van der Waals surface area contributed by atoms with Gasteiger partial charge in [-0.25, -0.2) is 0 Å². The summed E-state index contributed by atoms with van der Waals surface area (Å²) in [6.07, 6.45) is 3.29. The first-order valence-corrected chi connectivity index (χ1v) is 8.87. The Morgan fingerprint density at radius 3 is 2.63 bits per heavy atom. The maximum absolute atomic E-state index is 12.6. The number of ether oxygens (including phenoxy) is 2. The maximum Gasteiger partial charge on any atom is 0.206 e. The van der Waals surface area contributed by atoms with Crippen LogP contribution in [-0.2, 0) is 6.42 Å². The Kier molecular flexibility index (Phi) is 4.59. The van der Waals surface area contributed by atoms with Gasteiger partial charge in [-0.15, -0.1) is 0 Å². The smallest absolute Gasteiger partial charge is 0.206 e. The van der Waals surface area contributed by atoms with Crippen LogP contribution in [0.2, 0.25) is 0 Å². The van der Waals surface area contributed by atoms with Crippen LogP contribution >= 0.6 is 0 Å². The summed E-state index contributed by atoms with van der Waals surface area (Å²) in [5.41, 5.74) is 1.97. The molecule has 4 aromatic rings. The molecule has 4 rings (SSSR count). The molecule has 5 heteroatoms. The summed E-state index contributed by atoms with van der Waals surface area (Å²) in [5, 5.41) is 1.06. The Bertz CT molecular complexity index is 1140. The zero-order valence-electron chi connectivity index (χ0n) is 15.3. The second kappa shape index (κ2) is 7.19. The Labute approximate surface area is 156 Å². The normalized spacial score (nSPS) is 11.2. The van der Waals surface area contributed by atoms with Gasteiger partial charge in [0, 0.05) is 6.07 Å². The summed E-state index contributed by atoms with van der Waals surface area (Å²) < 4.78 is 23.0. The molecule has 0 aliphatic heterocycles. The van der Waals surface area contributed by atoms with Crippen LogP contribution in [0.3, 0.4) is 0 Å². The third kappa shape index (κ3) is 3.16. The van der Waals surface area contributed by atoms with Gasteiger partial charge in [0.1, 0.15) is 16.9 Å². The number of methoxy groups -OCH3 is 1. The molecule has 0 saturated heterocycles. The van der Waals surface area contributed by atoms with E-state index in [-0.39, 0.29) is 5.43 Å². The predicted molar refractivity (Wildman–Crippen MR) is 104 cm³/mol. The second-order valence-corrected chi connectivity index (χ2v) is 6.39. The molecule has 2 aromatic carbocycles. The molecule has 0 amide bonds. The van der Waals surface area contributed by atoms with Crippen molar-refractivity contribution in [1.82, 2.24) is 0 Å². The minimum atomic E-state index is -0.164. The van der Waals surface area contributed by atoms with Crippen molar-refractivity contribution in [3.8, 4) is 11.5 Å². The van der Waals surface area contributed by atoms with E-state index in [4.69, 9.17) is 18.3 Å². The minimum Gasteiger partial charge on any atom is -0.495 e. The van der Waals surface area contributed by atoms with Crippen LogP contribution in [-0.4, -0.2) is 13.7 Å². The van der Waals surface area contributed by atoms with Gasteiger partial charge in [-0.05, 0) is 31.4 Å². The molecule has 0 aliphatic carbocycles. The lowest BCUT2D eigenvalue weighted by Crippen LogP contribution is -2.06. The summed E-state index contributed by atoms with van der Waals surface area (Å²) in [4.78, 5) is 12.6. The first-order chi connectivity index (χ1) is 13.2. The highest BCUT2D eigenvalue weighted by Crippen LogP contribution is 2.42. The first kappa shape index (κ1) is 17.2. The van der Waals surface area contributed by atoms with Crippen LogP contribution in [0.15, 0.2) is 62.4 Å². The zero-order chi connectivity index (χ0) is 18.8. The molecule has 0 atom stereocenters. The van der Waals surface area contributed by atoms with Gasteiger partial charge in [-0.1, -0.05) is 30.3 Å². The number of aryl methyl sites for hydroxylation is 2. The number of hydrogen-bond donors (Lipinski definition) is 0. The van der Waals surface area contributed by atoms with E-state index < -0.39 is 0 Å². The van der Waals surface area contributed by atoms with Crippen molar-refractivity contribution < 1.29 is 18.3 Å². The minimum absolute atomic E-state index is 0.164. The van der Waals surface area contributed by atoms with Crippen molar-refractivity contribution in [2.24, 2.45) is 0 Å².